The van der Waals surface area contributed by atoms with Crippen LogP contribution in [-0.2, 0) is 28.6 Å². The van der Waals surface area contributed by atoms with E-state index in [2.05, 4.69) is 106 Å². The van der Waals surface area contributed by atoms with Gasteiger partial charge >= 0.3 is 17.9 Å². The van der Waals surface area contributed by atoms with Crippen molar-refractivity contribution in [2.45, 2.75) is 316 Å². The van der Waals surface area contributed by atoms with E-state index < -0.39 is 6.10 Å². The van der Waals surface area contributed by atoms with Crippen molar-refractivity contribution in [3.05, 3.63) is 85.1 Å². The normalized spacial score (nSPS) is 12.6. The highest BCUT2D eigenvalue weighted by molar-refractivity contribution is 5.71. The molecule has 6 heteroatoms. The maximum atomic E-state index is 12.9. The fraction of sp³-hybridized carbons (Fsp3) is 0.750. The summed E-state index contributed by atoms with van der Waals surface area (Å²) in [5, 5.41) is 0. The summed E-state index contributed by atoms with van der Waals surface area (Å²) in [6, 6.07) is 0. The zero-order valence-electron chi connectivity index (χ0n) is 48.8. The molecule has 0 rings (SSSR count). The van der Waals surface area contributed by atoms with Gasteiger partial charge in [0.15, 0.2) is 6.10 Å². The molecule has 1 atom stereocenters. The van der Waals surface area contributed by atoms with E-state index >= 15 is 0 Å². The second kappa shape index (κ2) is 62.1. The molecule has 0 aliphatic carbocycles. The molecule has 0 saturated heterocycles. The third-order valence-electron chi connectivity index (χ3n) is 13.6. The van der Waals surface area contributed by atoms with Crippen LogP contribution >= 0.6 is 0 Å². The average molecular weight is 1030 g/mol. The lowest BCUT2D eigenvalue weighted by atomic mass is 10.1. The Balaban J connectivity index is 4.42. The minimum Gasteiger partial charge on any atom is -0.462 e. The van der Waals surface area contributed by atoms with Gasteiger partial charge in [0.25, 0.3) is 0 Å². The van der Waals surface area contributed by atoms with E-state index in [0.29, 0.717) is 19.3 Å². The molecule has 0 fully saturated rings. The third-order valence-corrected chi connectivity index (χ3v) is 13.6. The number of hydrogen-bond acceptors (Lipinski definition) is 6. The number of unbranched alkanes of at least 4 members (excludes halogenated alkanes) is 32. The SMILES string of the molecule is CCCCC/C=C\C/C=C\C/C=C\CCCCCCCCC(=O)OC(COC(=O)CCCCCCC/C=C\C/C=C\CCCCCC)COC(=O)CCCCCCCCCCC/C=C\C/C=C\CCCCCCC. The topological polar surface area (TPSA) is 78.9 Å². The van der Waals surface area contributed by atoms with Crippen LogP contribution < -0.4 is 0 Å². The molecular formula is C68H118O6. The van der Waals surface area contributed by atoms with Gasteiger partial charge in [0, 0.05) is 19.3 Å². The van der Waals surface area contributed by atoms with E-state index in [0.717, 1.165) is 109 Å². The second-order valence-electron chi connectivity index (χ2n) is 21.0. The van der Waals surface area contributed by atoms with Crippen LogP contribution in [0.3, 0.4) is 0 Å². The van der Waals surface area contributed by atoms with Gasteiger partial charge in [0.2, 0.25) is 0 Å². The van der Waals surface area contributed by atoms with E-state index in [1.807, 2.05) is 0 Å². The van der Waals surface area contributed by atoms with Gasteiger partial charge < -0.3 is 14.2 Å². The molecule has 0 saturated carbocycles. The Bertz CT molecular complexity index is 1420. The fourth-order valence-corrected chi connectivity index (χ4v) is 8.80. The first-order valence-corrected chi connectivity index (χ1v) is 31.6. The molecule has 0 amide bonds. The Hall–Kier alpha value is -3.41. The van der Waals surface area contributed by atoms with Crippen LogP contribution in [0.4, 0.5) is 0 Å². The molecule has 0 N–H and O–H groups in total. The molecule has 0 radical (unpaired) electrons. The summed E-state index contributed by atoms with van der Waals surface area (Å²) in [6.07, 6.45) is 81.4. The predicted octanol–water partition coefficient (Wildman–Crippen LogP) is 21.5. The van der Waals surface area contributed by atoms with Crippen molar-refractivity contribution < 1.29 is 28.6 Å². The summed E-state index contributed by atoms with van der Waals surface area (Å²) in [5.41, 5.74) is 0. The van der Waals surface area contributed by atoms with E-state index in [4.69, 9.17) is 14.2 Å². The first kappa shape index (κ1) is 70.6. The van der Waals surface area contributed by atoms with Gasteiger partial charge in [-0.05, 0) is 122 Å². The molecule has 1 unspecified atom stereocenters. The van der Waals surface area contributed by atoms with Crippen molar-refractivity contribution in [1.29, 1.82) is 0 Å². The molecule has 0 aromatic carbocycles. The van der Waals surface area contributed by atoms with Gasteiger partial charge in [0.05, 0.1) is 0 Å². The van der Waals surface area contributed by atoms with E-state index in [1.54, 1.807) is 0 Å². The monoisotopic (exact) mass is 1030 g/mol. The third kappa shape index (κ3) is 59.5. The Kier molecular flexibility index (Phi) is 59.3. The number of carbonyl (C=O) groups excluding carboxylic acids is 3. The van der Waals surface area contributed by atoms with Crippen molar-refractivity contribution in [2.75, 3.05) is 13.2 Å². The first-order valence-electron chi connectivity index (χ1n) is 31.6. The molecule has 0 aromatic rings. The number of hydrogen-bond donors (Lipinski definition) is 0. The van der Waals surface area contributed by atoms with Gasteiger partial charge in [0.1, 0.15) is 13.2 Å². The van der Waals surface area contributed by atoms with Crippen LogP contribution in [0.15, 0.2) is 85.1 Å². The van der Waals surface area contributed by atoms with Gasteiger partial charge in [-0.3, -0.25) is 14.4 Å². The Morgan fingerprint density at radius 3 is 0.797 bits per heavy atom. The quantitative estimate of drug-likeness (QED) is 0.0261. The molecule has 6 nitrogen and oxygen atoms in total. The molecule has 0 spiro atoms. The first-order chi connectivity index (χ1) is 36.5. The van der Waals surface area contributed by atoms with Crippen LogP contribution in [-0.4, -0.2) is 37.2 Å². The van der Waals surface area contributed by atoms with Crippen LogP contribution in [0.2, 0.25) is 0 Å². The van der Waals surface area contributed by atoms with Crippen LogP contribution in [0.5, 0.6) is 0 Å². The maximum Gasteiger partial charge on any atom is 0.306 e. The van der Waals surface area contributed by atoms with Crippen molar-refractivity contribution in [3.63, 3.8) is 0 Å². The molecule has 0 bridgehead atoms. The van der Waals surface area contributed by atoms with Crippen LogP contribution in [0.25, 0.3) is 0 Å². The predicted molar refractivity (Wildman–Crippen MR) is 321 cm³/mol. The molecule has 0 aliphatic rings. The lowest BCUT2D eigenvalue weighted by Crippen LogP contribution is -2.30. The number of carbonyl (C=O) groups is 3. The summed E-state index contributed by atoms with van der Waals surface area (Å²) in [5.74, 6) is -0.908. The molecule has 426 valence electrons. The Morgan fingerprint density at radius 2 is 0.486 bits per heavy atom. The highest BCUT2D eigenvalue weighted by Gasteiger charge is 2.19. The fourth-order valence-electron chi connectivity index (χ4n) is 8.80. The standard InChI is InChI=1S/C68H118O6/c1-4-7-10-13-16-19-22-25-28-31-33-34-36-37-40-43-46-49-52-55-58-61-67(70)73-64-65(63-72-66(69)60-57-54-51-48-45-42-39-30-27-24-21-18-15-12-9-6-3)74-68(71)62-59-56-53-50-47-44-41-38-35-32-29-26-23-20-17-14-11-8-5-2/h17,20-22,24-26,29-31,33,35,38-39,65H,4-16,18-19,23,27-28,32,34,36-37,40-64H2,1-3H3/b20-17-,24-21-,25-22-,29-26-,33-31-,38-35-,39-30-. The summed E-state index contributed by atoms with van der Waals surface area (Å²) in [7, 11) is 0. The number of rotatable bonds is 57. The number of esters is 3. The minimum absolute atomic E-state index is 0.0883. The summed E-state index contributed by atoms with van der Waals surface area (Å²) < 4.78 is 16.9. The summed E-state index contributed by atoms with van der Waals surface area (Å²) in [4.78, 5) is 38.3. The van der Waals surface area contributed by atoms with Gasteiger partial charge in [-0.1, -0.05) is 254 Å². The highest BCUT2D eigenvalue weighted by Crippen LogP contribution is 2.15. The van der Waals surface area contributed by atoms with Crippen molar-refractivity contribution >= 4 is 17.9 Å². The van der Waals surface area contributed by atoms with Crippen LogP contribution in [0.1, 0.15) is 310 Å². The van der Waals surface area contributed by atoms with Gasteiger partial charge in [-0.15, -0.1) is 0 Å². The van der Waals surface area contributed by atoms with E-state index in [1.165, 1.54) is 161 Å². The molecular weight excluding hydrogens is 913 g/mol. The number of ether oxygens (including phenoxy) is 3. The summed E-state index contributed by atoms with van der Waals surface area (Å²) in [6.45, 7) is 6.59. The van der Waals surface area contributed by atoms with E-state index in [-0.39, 0.29) is 31.1 Å². The number of allylic oxidation sites excluding steroid dienone is 14. The summed E-state index contributed by atoms with van der Waals surface area (Å²) >= 11 is 0. The minimum atomic E-state index is -0.793. The lowest BCUT2D eigenvalue weighted by molar-refractivity contribution is -0.167. The van der Waals surface area contributed by atoms with Crippen molar-refractivity contribution in [2.24, 2.45) is 0 Å². The lowest BCUT2D eigenvalue weighted by Gasteiger charge is -2.18. The molecule has 0 heterocycles. The zero-order chi connectivity index (χ0) is 53.6. The molecule has 0 aliphatic heterocycles. The Labute approximate surface area is 458 Å². The maximum absolute atomic E-state index is 12.9. The smallest absolute Gasteiger partial charge is 0.306 e. The van der Waals surface area contributed by atoms with Crippen LogP contribution in [0, 0.1) is 0 Å². The molecule has 0 aromatic heterocycles. The van der Waals surface area contributed by atoms with Gasteiger partial charge in [-0.2, -0.15) is 0 Å². The Morgan fingerprint density at radius 1 is 0.270 bits per heavy atom. The largest absolute Gasteiger partial charge is 0.462 e. The van der Waals surface area contributed by atoms with Gasteiger partial charge in [-0.25, -0.2) is 0 Å². The second-order valence-corrected chi connectivity index (χ2v) is 21.0. The highest BCUT2D eigenvalue weighted by atomic mass is 16.6. The van der Waals surface area contributed by atoms with Crippen molar-refractivity contribution in [3.8, 4) is 0 Å². The molecule has 74 heavy (non-hydrogen) atoms. The zero-order valence-corrected chi connectivity index (χ0v) is 48.8. The average Bonchev–Trinajstić information content (AvgIpc) is 3.40. The van der Waals surface area contributed by atoms with Crippen molar-refractivity contribution in [1.82, 2.24) is 0 Å². The van der Waals surface area contributed by atoms with E-state index in [9.17, 15) is 14.4 Å².